The predicted octanol–water partition coefficient (Wildman–Crippen LogP) is 1.53. The molecule has 2 N–H and O–H groups in total. The van der Waals surface area contributed by atoms with Crippen molar-refractivity contribution in [2.75, 3.05) is 6.54 Å². The van der Waals surface area contributed by atoms with Crippen LogP contribution in [0, 0.1) is 0 Å². The summed E-state index contributed by atoms with van der Waals surface area (Å²) in [5.74, 6) is 0.0618. The molecular weight excluding hydrogens is 304 g/mol. The quantitative estimate of drug-likeness (QED) is 0.811. The summed E-state index contributed by atoms with van der Waals surface area (Å²) in [5, 5.41) is -0.0109. The summed E-state index contributed by atoms with van der Waals surface area (Å²) in [6.07, 6.45) is 2.90. The summed E-state index contributed by atoms with van der Waals surface area (Å²) in [6.45, 7) is -2.69. The number of nitrogens with zero attached hydrogens (tertiary/aromatic N) is 1. The van der Waals surface area contributed by atoms with Crippen LogP contribution in [-0.2, 0) is 16.4 Å². The van der Waals surface area contributed by atoms with Crippen LogP contribution in [-0.4, -0.2) is 31.5 Å². The Morgan fingerprint density at radius 3 is 2.57 bits per heavy atom. The molecule has 0 saturated carbocycles. The Kier molecular flexibility index (Phi) is 4.86. The van der Waals surface area contributed by atoms with Gasteiger partial charge in [0.15, 0.2) is 5.03 Å². The average molecular weight is 317 g/mol. The van der Waals surface area contributed by atoms with E-state index in [1.165, 1.54) is 24.7 Å². The Labute approximate surface area is 120 Å². The maximum absolute atomic E-state index is 12.0. The van der Waals surface area contributed by atoms with Crippen molar-refractivity contribution in [3.63, 3.8) is 0 Å². The highest BCUT2D eigenvalue weighted by Gasteiger charge is 2.14. The van der Waals surface area contributed by atoms with E-state index in [0.717, 1.165) is 5.56 Å². The number of halogens is 2. The normalized spacial score (nSPS) is 11.8. The molecule has 0 spiro atoms. The van der Waals surface area contributed by atoms with E-state index in [2.05, 4.69) is 19.4 Å². The van der Waals surface area contributed by atoms with Crippen LogP contribution in [0.2, 0.25) is 0 Å². The maximum Gasteiger partial charge on any atom is 0.387 e. The molecule has 0 atom stereocenters. The number of hydrogen-bond acceptors (Lipinski definition) is 4. The molecule has 2 rings (SSSR count). The second-order valence-electron chi connectivity index (χ2n) is 4.09. The van der Waals surface area contributed by atoms with Gasteiger partial charge in [-0.25, -0.2) is 18.1 Å². The summed E-state index contributed by atoms with van der Waals surface area (Å²) in [5.41, 5.74) is 0.795. The molecular formula is C12H13F2N3O3S. The Bertz CT molecular complexity index is 658. The third-order valence-electron chi connectivity index (χ3n) is 2.62. The minimum absolute atomic E-state index is 0.0109. The first-order chi connectivity index (χ1) is 9.97. The Morgan fingerprint density at radius 1 is 1.29 bits per heavy atom. The van der Waals surface area contributed by atoms with Crippen molar-refractivity contribution in [3.8, 4) is 5.75 Å². The molecule has 114 valence electrons. The predicted molar refractivity (Wildman–Crippen MR) is 70.6 cm³/mol. The minimum atomic E-state index is -3.60. The number of hydrogen-bond donors (Lipinski definition) is 2. The largest absolute Gasteiger partial charge is 0.435 e. The molecule has 1 aromatic carbocycles. The number of sulfonamides is 1. The molecule has 1 heterocycles. The summed E-state index contributed by atoms with van der Waals surface area (Å²) in [4.78, 5) is 6.14. The zero-order chi connectivity index (χ0) is 15.3. The maximum atomic E-state index is 12.0. The molecule has 0 unspecified atom stereocenters. The third kappa shape index (κ3) is 4.50. The number of aromatic nitrogens is 2. The number of nitrogens with one attached hydrogen (secondary N) is 2. The van der Waals surface area contributed by atoms with Crippen molar-refractivity contribution in [1.29, 1.82) is 0 Å². The highest BCUT2D eigenvalue weighted by atomic mass is 32.2. The number of imidazole rings is 1. The highest BCUT2D eigenvalue weighted by Crippen LogP contribution is 2.15. The first-order valence-corrected chi connectivity index (χ1v) is 7.47. The van der Waals surface area contributed by atoms with Gasteiger partial charge in [-0.05, 0) is 24.1 Å². The van der Waals surface area contributed by atoms with E-state index in [1.54, 1.807) is 12.1 Å². The van der Waals surface area contributed by atoms with Gasteiger partial charge in [0, 0.05) is 6.54 Å². The lowest BCUT2D eigenvalue weighted by atomic mass is 10.1. The molecule has 0 aliphatic carbocycles. The summed E-state index contributed by atoms with van der Waals surface area (Å²) < 4.78 is 54.1. The van der Waals surface area contributed by atoms with E-state index in [0.29, 0.717) is 6.42 Å². The summed E-state index contributed by atoms with van der Waals surface area (Å²) in [7, 11) is -3.60. The number of rotatable bonds is 7. The van der Waals surface area contributed by atoms with Gasteiger partial charge in [-0.3, -0.25) is 0 Å². The molecule has 1 aromatic heterocycles. The van der Waals surface area contributed by atoms with Crippen LogP contribution < -0.4 is 9.46 Å². The number of benzene rings is 1. The Morgan fingerprint density at radius 2 is 2.00 bits per heavy atom. The topological polar surface area (TPSA) is 84.1 Å². The second-order valence-corrected chi connectivity index (χ2v) is 5.82. The van der Waals surface area contributed by atoms with Gasteiger partial charge in [-0.15, -0.1) is 0 Å². The van der Waals surface area contributed by atoms with Crippen molar-refractivity contribution in [1.82, 2.24) is 14.7 Å². The van der Waals surface area contributed by atoms with Gasteiger partial charge >= 0.3 is 6.61 Å². The lowest BCUT2D eigenvalue weighted by Gasteiger charge is -2.07. The SMILES string of the molecule is O=S(=O)(NCCc1ccc(OC(F)F)cc1)c1cnc[nH]1. The fourth-order valence-corrected chi connectivity index (χ4v) is 2.57. The fourth-order valence-electron chi connectivity index (χ4n) is 1.64. The summed E-state index contributed by atoms with van der Waals surface area (Å²) >= 11 is 0. The number of H-pyrrole nitrogens is 1. The van der Waals surface area contributed by atoms with Gasteiger partial charge in [0.05, 0.1) is 12.5 Å². The number of alkyl halides is 2. The van der Waals surface area contributed by atoms with Gasteiger partial charge < -0.3 is 9.72 Å². The van der Waals surface area contributed by atoms with Crippen LogP contribution in [0.1, 0.15) is 5.56 Å². The molecule has 6 nitrogen and oxygen atoms in total. The van der Waals surface area contributed by atoms with Gasteiger partial charge in [0.1, 0.15) is 5.75 Å². The molecule has 0 bridgehead atoms. The molecule has 9 heteroatoms. The molecule has 21 heavy (non-hydrogen) atoms. The Hall–Kier alpha value is -2.00. The van der Waals surface area contributed by atoms with Gasteiger partial charge in [0.2, 0.25) is 0 Å². The van der Waals surface area contributed by atoms with Crippen LogP contribution in [0.3, 0.4) is 0 Å². The van der Waals surface area contributed by atoms with Crippen LogP contribution in [0.15, 0.2) is 41.8 Å². The standard InChI is InChI=1S/C12H13F2N3O3S/c13-12(14)20-10-3-1-9(2-4-10)5-6-17-21(18,19)11-7-15-8-16-11/h1-4,7-8,12,17H,5-6H2,(H,15,16). The molecule has 0 aliphatic rings. The van der Waals surface area contributed by atoms with Crippen molar-refractivity contribution in [2.45, 2.75) is 18.1 Å². The third-order valence-corrected chi connectivity index (χ3v) is 4.00. The van der Waals surface area contributed by atoms with Crippen molar-refractivity contribution >= 4 is 10.0 Å². The summed E-state index contributed by atoms with van der Waals surface area (Å²) in [6, 6.07) is 6.01. The molecule has 2 aromatic rings. The Balaban J connectivity index is 1.86. The molecule has 0 radical (unpaired) electrons. The smallest absolute Gasteiger partial charge is 0.387 e. The minimum Gasteiger partial charge on any atom is -0.435 e. The number of ether oxygens (including phenoxy) is 1. The van der Waals surface area contributed by atoms with Crippen LogP contribution in [0.25, 0.3) is 0 Å². The zero-order valence-electron chi connectivity index (χ0n) is 10.8. The molecule has 0 amide bonds. The van der Waals surface area contributed by atoms with Crippen molar-refractivity contribution < 1.29 is 21.9 Å². The molecule has 0 saturated heterocycles. The van der Waals surface area contributed by atoms with Gasteiger partial charge in [-0.1, -0.05) is 12.1 Å². The highest BCUT2D eigenvalue weighted by molar-refractivity contribution is 7.89. The van der Waals surface area contributed by atoms with Gasteiger partial charge in [-0.2, -0.15) is 8.78 Å². The number of aromatic amines is 1. The van der Waals surface area contributed by atoms with E-state index >= 15 is 0 Å². The second kappa shape index (κ2) is 6.64. The van der Waals surface area contributed by atoms with Crippen molar-refractivity contribution in [3.05, 3.63) is 42.4 Å². The van der Waals surface area contributed by atoms with Gasteiger partial charge in [0.25, 0.3) is 10.0 Å². The van der Waals surface area contributed by atoms with E-state index in [9.17, 15) is 17.2 Å². The lowest BCUT2D eigenvalue weighted by molar-refractivity contribution is -0.0498. The zero-order valence-corrected chi connectivity index (χ0v) is 11.6. The lowest BCUT2D eigenvalue weighted by Crippen LogP contribution is -2.26. The first-order valence-electron chi connectivity index (χ1n) is 5.99. The fraction of sp³-hybridized carbons (Fsp3) is 0.250. The van der Waals surface area contributed by atoms with Crippen LogP contribution >= 0.6 is 0 Å². The average Bonchev–Trinajstić information content (AvgIpc) is 2.95. The monoisotopic (exact) mass is 317 g/mol. The first kappa shape index (κ1) is 15.4. The van der Waals surface area contributed by atoms with E-state index in [1.807, 2.05) is 0 Å². The molecule has 0 fully saturated rings. The van der Waals surface area contributed by atoms with Crippen molar-refractivity contribution in [2.24, 2.45) is 0 Å². The van der Waals surface area contributed by atoms with Crippen LogP contribution in [0.4, 0.5) is 8.78 Å². The van der Waals surface area contributed by atoms with E-state index in [4.69, 9.17) is 0 Å². The van der Waals surface area contributed by atoms with Crippen LogP contribution in [0.5, 0.6) is 5.75 Å². The van der Waals surface area contributed by atoms with E-state index in [-0.39, 0.29) is 17.3 Å². The van der Waals surface area contributed by atoms with E-state index < -0.39 is 16.6 Å². The molecule has 0 aliphatic heterocycles.